The molecule has 2 saturated heterocycles. The Morgan fingerprint density at radius 2 is 2.50 bits per heavy atom. The Labute approximate surface area is 124 Å². The summed E-state index contributed by atoms with van der Waals surface area (Å²) in [6.45, 7) is 3.49. The third kappa shape index (κ3) is 3.13. The van der Waals surface area contributed by atoms with E-state index in [0.29, 0.717) is 23.9 Å². The summed E-state index contributed by atoms with van der Waals surface area (Å²) in [5.41, 5.74) is 0.596. The van der Waals surface area contributed by atoms with Gasteiger partial charge in [0.25, 0.3) is 5.91 Å². The summed E-state index contributed by atoms with van der Waals surface area (Å²) < 4.78 is 7.44. The zero-order chi connectivity index (χ0) is 13.2. The second-order valence-electron chi connectivity index (χ2n) is 5.40. The maximum Gasteiger partial charge on any atom is 0.254 e. The average molecular weight is 301 g/mol. The van der Waals surface area contributed by atoms with Crippen molar-refractivity contribution >= 4 is 18.3 Å². The quantitative estimate of drug-likeness (QED) is 0.836. The first-order valence-corrected chi connectivity index (χ1v) is 6.83. The van der Waals surface area contributed by atoms with Gasteiger partial charge in [0.15, 0.2) is 0 Å². The van der Waals surface area contributed by atoms with Crippen molar-refractivity contribution in [2.75, 3.05) is 26.2 Å². The Hall–Kier alpha value is -1.11. The molecule has 0 aromatic carbocycles. The van der Waals surface area contributed by atoms with Gasteiger partial charge in [-0.3, -0.25) is 9.48 Å². The van der Waals surface area contributed by atoms with Crippen LogP contribution >= 0.6 is 12.4 Å². The molecule has 2 aliphatic heterocycles. The van der Waals surface area contributed by atoms with Gasteiger partial charge in [0.05, 0.1) is 24.5 Å². The van der Waals surface area contributed by atoms with E-state index in [4.69, 9.17) is 4.74 Å². The number of nitrogens with zero attached hydrogens (tertiary/aromatic N) is 2. The Kier molecular flexibility index (Phi) is 5.01. The van der Waals surface area contributed by atoms with Crippen molar-refractivity contribution in [3.63, 3.8) is 0 Å². The van der Waals surface area contributed by atoms with Crippen LogP contribution in [0.5, 0.6) is 0 Å². The maximum absolute atomic E-state index is 11.9. The molecule has 20 heavy (non-hydrogen) atoms. The van der Waals surface area contributed by atoms with Gasteiger partial charge in [-0.05, 0) is 18.9 Å². The number of nitrogens with one attached hydrogen (secondary N) is 2. The van der Waals surface area contributed by atoms with Crippen molar-refractivity contribution in [2.24, 2.45) is 18.9 Å². The second-order valence-corrected chi connectivity index (χ2v) is 5.40. The molecule has 0 spiro atoms. The molecule has 0 unspecified atom stereocenters. The number of rotatable bonds is 3. The Balaban J connectivity index is 0.00000147. The molecule has 3 rings (SSSR count). The van der Waals surface area contributed by atoms with Crippen LogP contribution in [0, 0.1) is 11.8 Å². The molecule has 2 aliphatic rings. The number of ether oxygens (including phenoxy) is 1. The molecule has 112 valence electrons. The fourth-order valence-corrected chi connectivity index (χ4v) is 2.99. The van der Waals surface area contributed by atoms with E-state index in [1.165, 1.54) is 6.42 Å². The normalized spacial score (nSPS) is 28.6. The van der Waals surface area contributed by atoms with E-state index in [1.54, 1.807) is 24.1 Å². The summed E-state index contributed by atoms with van der Waals surface area (Å²) in [4.78, 5) is 11.9. The Bertz CT molecular complexity index is 465. The highest BCUT2D eigenvalue weighted by Gasteiger charge is 2.38. The third-order valence-corrected chi connectivity index (χ3v) is 4.11. The number of halogens is 1. The molecule has 1 aromatic heterocycles. The molecule has 7 heteroatoms. The summed E-state index contributed by atoms with van der Waals surface area (Å²) in [6, 6.07) is 0. The number of hydrogen-bond donors (Lipinski definition) is 2. The summed E-state index contributed by atoms with van der Waals surface area (Å²) in [6.07, 6.45) is 4.61. The Morgan fingerprint density at radius 1 is 1.65 bits per heavy atom. The number of carbonyl (C=O) groups excluding carboxylic acids is 1. The summed E-state index contributed by atoms with van der Waals surface area (Å²) in [5, 5.41) is 10.3. The predicted molar refractivity (Wildman–Crippen MR) is 77.0 cm³/mol. The van der Waals surface area contributed by atoms with Gasteiger partial charge < -0.3 is 15.4 Å². The molecule has 3 heterocycles. The maximum atomic E-state index is 11.9. The van der Waals surface area contributed by atoms with Gasteiger partial charge in [-0.1, -0.05) is 0 Å². The van der Waals surface area contributed by atoms with Crippen molar-refractivity contribution < 1.29 is 9.53 Å². The summed E-state index contributed by atoms with van der Waals surface area (Å²) >= 11 is 0. The Morgan fingerprint density at radius 3 is 3.25 bits per heavy atom. The van der Waals surface area contributed by atoms with Crippen LogP contribution in [-0.2, 0) is 11.8 Å². The number of hydrogen-bond acceptors (Lipinski definition) is 4. The van der Waals surface area contributed by atoms with E-state index < -0.39 is 0 Å². The van der Waals surface area contributed by atoms with Gasteiger partial charge >= 0.3 is 0 Å². The lowest BCUT2D eigenvalue weighted by Crippen LogP contribution is -2.43. The van der Waals surface area contributed by atoms with Crippen LogP contribution in [-0.4, -0.2) is 48.0 Å². The lowest BCUT2D eigenvalue weighted by atomic mass is 9.85. The molecule has 0 saturated carbocycles. The second kappa shape index (κ2) is 6.56. The lowest BCUT2D eigenvalue weighted by Gasteiger charge is -2.27. The number of fused-ring (bicyclic) bond motifs is 1. The smallest absolute Gasteiger partial charge is 0.254 e. The summed E-state index contributed by atoms with van der Waals surface area (Å²) in [7, 11) is 1.80. The third-order valence-electron chi connectivity index (χ3n) is 4.11. The first kappa shape index (κ1) is 15.3. The minimum absolute atomic E-state index is 0. The van der Waals surface area contributed by atoms with E-state index in [0.717, 1.165) is 19.7 Å². The monoisotopic (exact) mass is 300 g/mol. The van der Waals surface area contributed by atoms with Crippen LogP contribution in [0.1, 0.15) is 16.8 Å². The topological polar surface area (TPSA) is 68.2 Å². The van der Waals surface area contributed by atoms with E-state index in [9.17, 15) is 4.79 Å². The van der Waals surface area contributed by atoms with Gasteiger partial charge in [0.2, 0.25) is 0 Å². The van der Waals surface area contributed by atoms with Crippen LogP contribution in [0.3, 0.4) is 0 Å². The molecule has 0 bridgehead atoms. The molecule has 2 fully saturated rings. The molecule has 2 N–H and O–H groups in total. The largest absolute Gasteiger partial charge is 0.376 e. The number of aromatic nitrogens is 2. The molecule has 6 nitrogen and oxygen atoms in total. The van der Waals surface area contributed by atoms with Gasteiger partial charge in [-0.25, -0.2) is 0 Å². The van der Waals surface area contributed by atoms with Gasteiger partial charge in [0.1, 0.15) is 0 Å². The highest BCUT2D eigenvalue weighted by Crippen LogP contribution is 2.30. The van der Waals surface area contributed by atoms with Crippen molar-refractivity contribution in [3.05, 3.63) is 18.0 Å². The van der Waals surface area contributed by atoms with E-state index in [-0.39, 0.29) is 24.4 Å². The van der Waals surface area contributed by atoms with Crippen molar-refractivity contribution in [2.45, 2.75) is 12.5 Å². The average Bonchev–Trinajstić information content (AvgIpc) is 3.02. The minimum atomic E-state index is -0.0797. The van der Waals surface area contributed by atoms with Crippen molar-refractivity contribution in [1.29, 1.82) is 0 Å². The van der Waals surface area contributed by atoms with Crippen molar-refractivity contribution in [3.8, 4) is 0 Å². The summed E-state index contributed by atoms with van der Waals surface area (Å²) in [5.74, 6) is 1.11. The fourth-order valence-electron chi connectivity index (χ4n) is 2.99. The van der Waals surface area contributed by atoms with Gasteiger partial charge in [-0.15, -0.1) is 12.4 Å². The van der Waals surface area contributed by atoms with Crippen LogP contribution < -0.4 is 10.6 Å². The number of aryl methyl sites for hydroxylation is 1. The van der Waals surface area contributed by atoms with Crippen molar-refractivity contribution in [1.82, 2.24) is 20.4 Å². The van der Waals surface area contributed by atoms with E-state index in [1.807, 2.05) is 0 Å². The number of piperidine rings is 1. The van der Waals surface area contributed by atoms with E-state index >= 15 is 0 Å². The first-order valence-electron chi connectivity index (χ1n) is 6.83. The van der Waals surface area contributed by atoms with Crippen LogP contribution in [0.25, 0.3) is 0 Å². The number of amides is 1. The molecule has 1 aromatic rings. The predicted octanol–water partition coefficient (Wildman–Crippen LogP) is 0.196. The van der Waals surface area contributed by atoms with Crippen LogP contribution in [0.15, 0.2) is 12.4 Å². The fraction of sp³-hybridized carbons (Fsp3) is 0.692. The minimum Gasteiger partial charge on any atom is -0.376 e. The molecule has 3 atom stereocenters. The van der Waals surface area contributed by atoms with E-state index in [2.05, 4.69) is 15.7 Å². The standard InChI is InChI=1S/C13H20N4O2.ClH/c1-17-7-10(4-16-17)13(18)15-6-12-11-5-14-3-2-9(11)8-19-12;/h4,7,9,11-12,14H,2-3,5-6,8H2,1H3,(H,15,18);1H/t9-,11-,12+;/m0./s1. The highest BCUT2D eigenvalue weighted by atomic mass is 35.5. The molecular formula is C13H21ClN4O2. The lowest BCUT2D eigenvalue weighted by molar-refractivity contribution is 0.0776. The molecular weight excluding hydrogens is 280 g/mol. The SMILES string of the molecule is Cl.Cn1cc(C(=O)NC[C@H]2OC[C@@H]3CCNC[C@@H]32)cn1. The zero-order valence-corrected chi connectivity index (χ0v) is 12.4. The van der Waals surface area contributed by atoms with Gasteiger partial charge in [0, 0.05) is 32.3 Å². The first-order chi connectivity index (χ1) is 9.24. The zero-order valence-electron chi connectivity index (χ0n) is 11.5. The molecule has 0 radical (unpaired) electrons. The molecule has 1 amide bonds. The highest BCUT2D eigenvalue weighted by molar-refractivity contribution is 5.93. The van der Waals surface area contributed by atoms with Crippen LogP contribution in [0.2, 0.25) is 0 Å². The number of carbonyl (C=O) groups is 1. The molecule has 0 aliphatic carbocycles. The van der Waals surface area contributed by atoms with Crippen LogP contribution in [0.4, 0.5) is 0 Å². The van der Waals surface area contributed by atoms with Gasteiger partial charge in [-0.2, -0.15) is 5.10 Å².